The molecule has 1 amide bonds. The lowest BCUT2D eigenvalue weighted by atomic mass is 10.1. The summed E-state index contributed by atoms with van der Waals surface area (Å²) in [6.45, 7) is 2.62. The van der Waals surface area contributed by atoms with Crippen LogP contribution in [0.2, 0.25) is 0 Å². The topological polar surface area (TPSA) is 77.2 Å². The minimum absolute atomic E-state index is 0.282. The SMILES string of the molecule is CCCOc1ccccc1NC(=O)c1oc2ccccc2c1CSc1ncccn1. The second-order valence-electron chi connectivity index (χ2n) is 6.52. The summed E-state index contributed by atoms with van der Waals surface area (Å²) in [5.74, 6) is 1.11. The number of nitrogens with one attached hydrogen (secondary N) is 1. The van der Waals surface area contributed by atoms with E-state index in [4.69, 9.17) is 9.15 Å². The molecule has 0 aliphatic heterocycles. The maximum atomic E-state index is 13.1. The van der Waals surface area contributed by atoms with Crippen LogP contribution in [0.1, 0.15) is 29.5 Å². The molecule has 0 atom stereocenters. The molecule has 0 radical (unpaired) electrons. The van der Waals surface area contributed by atoms with Crippen molar-refractivity contribution in [2.45, 2.75) is 24.3 Å². The third kappa shape index (κ3) is 4.46. The van der Waals surface area contributed by atoms with E-state index in [0.717, 1.165) is 17.4 Å². The highest BCUT2D eigenvalue weighted by atomic mass is 32.2. The Balaban J connectivity index is 1.62. The first-order chi connectivity index (χ1) is 14.8. The first-order valence-corrected chi connectivity index (χ1v) is 10.7. The lowest BCUT2D eigenvalue weighted by Gasteiger charge is -2.11. The quantitative estimate of drug-likeness (QED) is 0.298. The molecule has 152 valence electrons. The van der Waals surface area contributed by atoms with Gasteiger partial charge in [-0.1, -0.05) is 49.0 Å². The highest BCUT2D eigenvalue weighted by molar-refractivity contribution is 7.98. The molecule has 4 aromatic rings. The second kappa shape index (κ2) is 9.45. The van der Waals surface area contributed by atoms with Crippen LogP contribution in [0.5, 0.6) is 5.75 Å². The molecule has 0 spiro atoms. The van der Waals surface area contributed by atoms with Gasteiger partial charge in [-0.3, -0.25) is 4.79 Å². The van der Waals surface area contributed by atoms with Crippen molar-refractivity contribution >= 4 is 34.3 Å². The summed E-state index contributed by atoms with van der Waals surface area (Å²) in [4.78, 5) is 21.6. The van der Waals surface area contributed by atoms with E-state index < -0.39 is 0 Å². The summed E-state index contributed by atoms with van der Waals surface area (Å²) in [7, 11) is 0. The minimum atomic E-state index is -0.316. The Bertz CT molecular complexity index is 1140. The lowest BCUT2D eigenvalue weighted by Crippen LogP contribution is -2.14. The van der Waals surface area contributed by atoms with Gasteiger partial charge in [0, 0.05) is 29.1 Å². The van der Waals surface area contributed by atoms with Gasteiger partial charge in [0.25, 0.3) is 5.91 Å². The average molecular weight is 420 g/mol. The zero-order valence-electron chi connectivity index (χ0n) is 16.5. The van der Waals surface area contributed by atoms with Crippen LogP contribution < -0.4 is 10.1 Å². The number of furan rings is 1. The van der Waals surface area contributed by atoms with Gasteiger partial charge in [-0.05, 0) is 30.7 Å². The number of hydrogen-bond acceptors (Lipinski definition) is 6. The fourth-order valence-electron chi connectivity index (χ4n) is 3.01. The van der Waals surface area contributed by atoms with Crippen molar-refractivity contribution in [3.63, 3.8) is 0 Å². The number of ether oxygens (including phenoxy) is 1. The number of aromatic nitrogens is 2. The van der Waals surface area contributed by atoms with Crippen molar-refractivity contribution in [3.8, 4) is 5.75 Å². The van der Waals surface area contributed by atoms with Crippen molar-refractivity contribution in [2.24, 2.45) is 0 Å². The third-order valence-electron chi connectivity index (χ3n) is 4.39. The summed E-state index contributed by atoms with van der Waals surface area (Å²) in [6.07, 6.45) is 4.28. The van der Waals surface area contributed by atoms with Gasteiger partial charge in [-0.15, -0.1) is 0 Å². The molecule has 2 heterocycles. The predicted octanol–water partition coefficient (Wildman–Crippen LogP) is 5.56. The van der Waals surface area contributed by atoms with Crippen molar-refractivity contribution in [1.82, 2.24) is 9.97 Å². The molecule has 0 aliphatic carbocycles. The first-order valence-electron chi connectivity index (χ1n) is 9.69. The Morgan fingerprint density at radius 2 is 1.83 bits per heavy atom. The summed E-state index contributed by atoms with van der Waals surface area (Å²) in [5, 5.41) is 4.49. The van der Waals surface area contributed by atoms with Gasteiger partial charge < -0.3 is 14.5 Å². The van der Waals surface area contributed by atoms with Gasteiger partial charge in [0.2, 0.25) is 0 Å². The largest absolute Gasteiger partial charge is 0.491 e. The maximum absolute atomic E-state index is 13.1. The van der Waals surface area contributed by atoms with Crippen molar-refractivity contribution < 1.29 is 13.9 Å². The molecule has 0 saturated heterocycles. The van der Waals surface area contributed by atoms with Gasteiger partial charge in [0.05, 0.1) is 12.3 Å². The highest BCUT2D eigenvalue weighted by Crippen LogP contribution is 2.32. The Morgan fingerprint density at radius 1 is 1.07 bits per heavy atom. The van der Waals surface area contributed by atoms with Crippen molar-refractivity contribution in [1.29, 1.82) is 0 Å². The number of anilines is 1. The number of amides is 1. The van der Waals surface area contributed by atoms with Gasteiger partial charge in [0.1, 0.15) is 11.3 Å². The fourth-order valence-corrected chi connectivity index (χ4v) is 3.84. The molecule has 7 heteroatoms. The molecule has 0 unspecified atom stereocenters. The molecule has 30 heavy (non-hydrogen) atoms. The molecule has 0 saturated carbocycles. The average Bonchev–Trinajstić information content (AvgIpc) is 3.16. The number of hydrogen-bond donors (Lipinski definition) is 1. The molecule has 0 fully saturated rings. The molecular formula is C23H21N3O3S. The predicted molar refractivity (Wildman–Crippen MR) is 118 cm³/mol. The molecule has 6 nitrogen and oxygen atoms in total. The van der Waals surface area contributed by atoms with E-state index in [1.54, 1.807) is 18.5 Å². The Morgan fingerprint density at radius 3 is 2.67 bits per heavy atom. The molecule has 2 aromatic carbocycles. The zero-order valence-corrected chi connectivity index (χ0v) is 17.3. The Kier molecular flexibility index (Phi) is 6.29. The smallest absolute Gasteiger partial charge is 0.291 e. The van der Waals surface area contributed by atoms with Gasteiger partial charge >= 0.3 is 0 Å². The van der Waals surface area contributed by atoms with E-state index in [2.05, 4.69) is 15.3 Å². The molecule has 4 rings (SSSR count). The number of benzene rings is 2. The van der Waals surface area contributed by atoms with E-state index in [-0.39, 0.29) is 11.7 Å². The summed E-state index contributed by atoms with van der Waals surface area (Å²) in [6, 6.07) is 16.8. The summed E-state index contributed by atoms with van der Waals surface area (Å²) >= 11 is 1.46. The van der Waals surface area contributed by atoms with Gasteiger partial charge in [0.15, 0.2) is 10.9 Å². The molecule has 0 bridgehead atoms. The summed E-state index contributed by atoms with van der Waals surface area (Å²) in [5.41, 5.74) is 2.09. The monoisotopic (exact) mass is 419 g/mol. The number of nitrogens with zero attached hydrogens (tertiary/aromatic N) is 2. The number of fused-ring (bicyclic) bond motifs is 1. The Labute approximate surface area is 178 Å². The van der Waals surface area contributed by atoms with Crippen LogP contribution in [-0.2, 0) is 5.75 Å². The maximum Gasteiger partial charge on any atom is 0.291 e. The number of rotatable bonds is 8. The second-order valence-corrected chi connectivity index (χ2v) is 7.47. The van der Waals surface area contributed by atoms with Crippen molar-refractivity contribution in [2.75, 3.05) is 11.9 Å². The molecule has 1 N–H and O–H groups in total. The van der Waals surface area contributed by atoms with Crippen molar-refractivity contribution in [3.05, 3.63) is 78.3 Å². The van der Waals surface area contributed by atoms with E-state index in [9.17, 15) is 4.79 Å². The lowest BCUT2D eigenvalue weighted by molar-refractivity contribution is 0.0997. The molecule has 2 aromatic heterocycles. The number of carbonyl (C=O) groups is 1. The van der Waals surface area contributed by atoms with Crippen LogP contribution in [0.3, 0.4) is 0 Å². The number of thioether (sulfide) groups is 1. The first kappa shape index (κ1) is 20.0. The standard InChI is InChI=1S/C23H21N3O3S/c1-2-14-28-20-11-6-4-9-18(20)26-22(27)21-17(15-30-23-24-12-7-13-25-23)16-8-3-5-10-19(16)29-21/h3-13H,2,14-15H2,1H3,(H,26,27). The number of para-hydroxylation sites is 3. The van der Waals surface area contributed by atoms with E-state index in [0.29, 0.717) is 34.5 Å². The number of carbonyl (C=O) groups excluding carboxylic acids is 1. The van der Waals surface area contributed by atoms with Crippen LogP contribution >= 0.6 is 11.8 Å². The van der Waals surface area contributed by atoms with E-state index in [1.165, 1.54) is 11.8 Å². The van der Waals surface area contributed by atoms with Crippen LogP contribution in [0.15, 0.2) is 76.6 Å². The minimum Gasteiger partial charge on any atom is -0.491 e. The normalized spacial score (nSPS) is 10.8. The summed E-state index contributed by atoms with van der Waals surface area (Å²) < 4.78 is 11.7. The van der Waals surface area contributed by atoms with Gasteiger partial charge in [-0.25, -0.2) is 9.97 Å². The zero-order chi connectivity index (χ0) is 20.8. The fraction of sp³-hybridized carbons (Fsp3) is 0.174. The Hall–Kier alpha value is -3.32. The van der Waals surface area contributed by atoms with Crippen LogP contribution in [0.25, 0.3) is 11.0 Å². The van der Waals surface area contributed by atoms with Crippen LogP contribution in [0.4, 0.5) is 5.69 Å². The van der Waals surface area contributed by atoms with Crippen LogP contribution in [-0.4, -0.2) is 22.5 Å². The molecular weight excluding hydrogens is 398 g/mol. The van der Waals surface area contributed by atoms with E-state index in [1.807, 2.05) is 55.5 Å². The third-order valence-corrected chi connectivity index (χ3v) is 5.29. The van der Waals surface area contributed by atoms with Crippen LogP contribution in [0, 0.1) is 0 Å². The van der Waals surface area contributed by atoms with Gasteiger partial charge in [-0.2, -0.15) is 0 Å². The highest BCUT2D eigenvalue weighted by Gasteiger charge is 2.22. The molecule has 0 aliphatic rings. The van der Waals surface area contributed by atoms with E-state index >= 15 is 0 Å².